The van der Waals surface area contributed by atoms with Gasteiger partial charge in [0.1, 0.15) is 16.2 Å². The van der Waals surface area contributed by atoms with Crippen LogP contribution >= 0.6 is 11.8 Å². The highest BCUT2D eigenvalue weighted by Gasteiger charge is 2.24. The molecule has 35 heavy (non-hydrogen) atoms. The van der Waals surface area contributed by atoms with Gasteiger partial charge in [-0.1, -0.05) is 42.1 Å². The maximum absolute atomic E-state index is 14.5. The maximum Gasteiger partial charge on any atom is 0.332 e. The van der Waals surface area contributed by atoms with E-state index in [2.05, 4.69) is 9.97 Å². The number of carbonyl (C=O) groups is 1. The number of thioether (sulfide) groups is 1. The number of hydrogen-bond donors (Lipinski definition) is 0. The van der Waals surface area contributed by atoms with Gasteiger partial charge in [-0.05, 0) is 36.6 Å². The molecule has 2 aromatic carbocycles. The average molecular weight is 492 g/mol. The number of aromatic nitrogens is 4. The van der Waals surface area contributed by atoms with Crippen LogP contribution in [-0.2, 0) is 25.3 Å². The highest BCUT2D eigenvalue weighted by molar-refractivity contribution is 8.00. The highest BCUT2D eigenvalue weighted by atomic mass is 32.2. The summed E-state index contributed by atoms with van der Waals surface area (Å²) >= 11 is 1.08. The quantitative estimate of drug-likeness (QED) is 0.322. The zero-order valence-corrected chi connectivity index (χ0v) is 20.0. The normalized spacial score (nSPS) is 13.2. The molecule has 0 N–H and O–H groups in total. The van der Waals surface area contributed by atoms with Crippen molar-refractivity contribution in [2.45, 2.75) is 17.9 Å². The van der Waals surface area contributed by atoms with Crippen LogP contribution in [0.3, 0.4) is 0 Å². The molecule has 0 spiro atoms. The monoisotopic (exact) mass is 491 g/mol. The molecule has 0 bridgehead atoms. The van der Waals surface area contributed by atoms with E-state index in [1.54, 1.807) is 17.0 Å². The van der Waals surface area contributed by atoms with Crippen LogP contribution in [0, 0.1) is 5.82 Å². The van der Waals surface area contributed by atoms with Crippen molar-refractivity contribution in [3.63, 3.8) is 0 Å². The summed E-state index contributed by atoms with van der Waals surface area (Å²) in [7, 11) is 2.87. The number of fused-ring (bicyclic) bond motifs is 2. The first-order chi connectivity index (χ1) is 16.9. The van der Waals surface area contributed by atoms with Crippen LogP contribution in [-0.4, -0.2) is 37.3 Å². The summed E-state index contributed by atoms with van der Waals surface area (Å²) in [6.07, 6.45) is 1.78. The Bertz CT molecular complexity index is 1600. The van der Waals surface area contributed by atoms with Gasteiger partial charge in [0.2, 0.25) is 5.91 Å². The fourth-order valence-electron chi connectivity index (χ4n) is 4.30. The lowest BCUT2D eigenvalue weighted by molar-refractivity contribution is -0.116. The summed E-state index contributed by atoms with van der Waals surface area (Å²) in [5.74, 6) is -0.596. The molecule has 0 saturated heterocycles. The Labute approximate surface area is 204 Å². The second kappa shape index (κ2) is 9.10. The summed E-state index contributed by atoms with van der Waals surface area (Å²) < 4.78 is 16.8. The number of nitrogens with zero attached hydrogens (tertiary/aromatic N) is 5. The zero-order valence-electron chi connectivity index (χ0n) is 19.2. The number of anilines is 1. The zero-order chi connectivity index (χ0) is 24.7. The minimum Gasteiger partial charge on any atom is -0.311 e. The Kier molecular flexibility index (Phi) is 5.98. The number of halogens is 1. The molecule has 0 radical (unpaired) electrons. The topological polar surface area (TPSA) is 90.1 Å². The smallest absolute Gasteiger partial charge is 0.311 e. The van der Waals surface area contributed by atoms with E-state index in [4.69, 9.17) is 0 Å². The van der Waals surface area contributed by atoms with Gasteiger partial charge in [0.25, 0.3) is 5.56 Å². The van der Waals surface area contributed by atoms with Crippen molar-refractivity contribution in [3.05, 3.63) is 80.7 Å². The van der Waals surface area contributed by atoms with Crippen molar-refractivity contribution in [1.82, 2.24) is 19.1 Å². The standard InChI is InChI=1S/C25H22FN5O3S/c1-29-22-20(24(33)30(2)25(29)34)23(28-21(27-22)16-10-4-5-11-17(16)26)35-14-19(32)31-13-7-9-15-8-3-6-12-18(15)31/h3-6,8,10-12H,7,9,13-14H2,1-2H3. The highest BCUT2D eigenvalue weighted by Crippen LogP contribution is 2.30. The van der Waals surface area contributed by atoms with E-state index in [0.717, 1.165) is 40.4 Å². The molecule has 0 unspecified atom stereocenters. The lowest BCUT2D eigenvalue weighted by Gasteiger charge is -2.29. The molecule has 178 valence electrons. The van der Waals surface area contributed by atoms with Gasteiger partial charge >= 0.3 is 5.69 Å². The molecule has 4 aromatic rings. The average Bonchev–Trinajstić information content (AvgIpc) is 2.88. The van der Waals surface area contributed by atoms with E-state index in [9.17, 15) is 18.8 Å². The van der Waals surface area contributed by atoms with E-state index in [1.807, 2.05) is 24.3 Å². The van der Waals surface area contributed by atoms with Crippen molar-refractivity contribution in [3.8, 4) is 11.4 Å². The SMILES string of the molecule is Cn1c(=O)c2c(SCC(=O)N3CCCc4ccccc43)nc(-c3ccccc3F)nc2n(C)c1=O. The molecular weight excluding hydrogens is 469 g/mol. The number of hydrogen-bond acceptors (Lipinski definition) is 6. The Hall–Kier alpha value is -3.79. The maximum atomic E-state index is 14.5. The fraction of sp³-hybridized carbons (Fsp3) is 0.240. The van der Waals surface area contributed by atoms with Gasteiger partial charge in [0.15, 0.2) is 11.5 Å². The number of carbonyl (C=O) groups excluding carboxylic acids is 1. The number of benzene rings is 2. The van der Waals surface area contributed by atoms with Gasteiger partial charge in [-0.2, -0.15) is 0 Å². The third-order valence-electron chi connectivity index (χ3n) is 6.13. The van der Waals surface area contributed by atoms with E-state index >= 15 is 0 Å². The predicted molar refractivity (Wildman–Crippen MR) is 133 cm³/mol. The summed E-state index contributed by atoms with van der Waals surface area (Å²) in [4.78, 5) is 49.4. The lowest BCUT2D eigenvalue weighted by atomic mass is 10.0. The second-order valence-electron chi connectivity index (χ2n) is 8.30. The molecule has 0 atom stereocenters. The summed E-state index contributed by atoms with van der Waals surface area (Å²) in [5, 5.41) is 0.342. The van der Waals surface area contributed by atoms with Crippen molar-refractivity contribution >= 4 is 34.4 Å². The first-order valence-electron chi connectivity index (χ1n) is 11.1. The van der Waals surface area contributed by atoms with Crippen LogP contribution in [0.15, 0.2) is 63.1 Å². The van der Waals surface area contributed by atoms with Crippen LogP contribution in [0.5, 0.6) is 0 Å². The van der Waals surface area contributed by atoms with Crippen LogP contribution in [0.2, 0.25) is 0 Å². The van der Waals surface area contributed by atoms with Crippen molar-refractivity contribution in [2.24, 2.45) is 14.1 Å². The number of amides is 1. The van der Waals surface area contributed by atoms with E-state index in [1.165, 1.54) is 30.8 Å². The lowest BCUT2D eigenvalue weighted by Crippen LogP contribution is -2.38. The minimum atomic E-state index is -0.568. The minimum absolute atomic E-state index is 0.0170. The van der Waals surface area contributed by atoms with Crippen molar-refractivity contribution in [1.29, 1.82) is 0 Å². The molecule has 0 saturated carbocycles. The first kappa shape index (κ1) is 23.0. The van der Waals surface area contributed by atoms with E-state index in [0.29, 0.717) is 6.54 Å². The third-order valence-corrected chi connectivity index (χ3v) is 7.09. The Morgan fingerprint density at radius 3 is 2.57 bits per heavy atom. The Balaban J connectivity index is 1.59. The van der Waals surface area contributed by atoms with Gasteiger partial charge in [-0.3, -0.25) is 18.7 Å². The molecule has 0 aliphatic carbocycles. The predicted octanol–water partition coefficient (Wildman–Crippen LogP) is 2.90. The van der Waals surface area contributed by atoms with Crippen molar-refractivity contribution < 1.29 is 9.18 Å². The summed E-state index contributed by atoms with van der Waals surface area (Å²) in [5.41, 5.74) is 1.11. The fourth-order valence-corrected chi connectivity index (χ4v) is 5.19. The van der Waals surface area contributed by atoms with Crippen LogP contribution < -0.4 is 16.1 Å². The molecule has 3 heterocycles. The number of para-hydroxylation sites is 1. The summed E-state index contributed by atoms with van der Waals surface area (Å²) in [6.45, 7) is 0.609. The summed E-state index contributed by atoms with van der Waals surface area (Å²) in [6, 6.07) is 13.8. The molecule has 2 aromatic heterocycles. The largest absolute Gasteiger partial charge is 0.332 e. The van der Waals surface area contributed by atoms with Gasteiger partial charge in [0.05, 0.1) is 11.3 Å². The molecule has 1 aliphatic rings. The first-order valence-corrected chi connectivity index (χ1v) is 12.1. The van der Waals surface area contributed by atoms with Gasteiger partial charge < -0.3 is 4.90 Å². The second-order valence-corrected chi connectivity index (χ2v) is 9.27. The van der Waals surface area contributed by atoms with Crippen LogP contribution in [0.4, 0.5) is 10.1 Å². The molecule has 5 rings (SSSR count). The molecule has 10 heteroatoms. The van der Waals surface area contributed by atoms with Crippen LogP contribution in [0.1, 0.15) is 12.0 Å². The van der Waals surface area contributed by atoms with Gasteiger partial charge in [0, 0.05) is 26.3 Å². The number of aryl methyl sites for hydroxylation is 2. The Morgan fingerprint density at radius 2 is 1.77 bits per heavy atom. The molecular formula is C25H22FN5O3S. The van der Waals surface area contributed by atoms with E-state index < -0.39 is 17.1 Å². The number of rotatable bonds is 4. The van der Waals surface area contributed by atoms with Crippen LogP contribution in [0.25, 0.3) is 22.4 Å². The van der Waals surface area contributed by atoms with E-state index in [-0.39, 0.29) is 39.1 Å². The molecule has 0 fully saturated rings. The van der Waals surface area contributed by atoms with Gasteiger partial charge in [-0.15, -0.1) is 0 Å². The molecule has 1 amide bonds. The molecule has 8 nitrogen and oxygen atoms in total. The Morgan fingerprint density at radius 1 is 1.03 bits per heavy atom. The van der Waals surface area contributed by atoms with Gasteiger partial charge in [-0.25, -0.2) is 19.2 Å². The van der Waals surface area contributed by atoms with Crippen molar-refractivity contribution in [2.75, 3.05) is 17.2 Å². The third kappa shape index (κ3) is 4.03. The molecule has 1 aliphatic heterocycles.